The predicted molar refractivity (Wildman–Crippen MR) is 66.9 cm³/mol. The summed E-state index contributed by atoms with van der Waals surface area (Å²) in [5.41, 5.74) is 1.11. The Morgan fingerprint density at radius 3 is 2.76 bits per heavy atom. The van der Waals surface area contributed by atoms with Gasteiger partial charge in [-0.05, 0) is 18.6 Å². The van der Waals surface area contributed by atoms with E-state index in [0.29, 0.717) is 5.89 Å². The largest absolute Gasteiger partial charge is 0.385 e. The van der Waals surface area contributed by atoms with E-state index in [2.05, 4.69) is 22.4 Å². The molecule has 0 aliphatic rings. The van der Waals surface area contributed by atoms with Gasteiger partial charge in [-0.1, -0.05) is 30.3 Å². The van der Waals surface area contributed by atoms with E-state index in [1.165, 1.54) is 0 Å². The van der Waals surface area contributed by atoms with Crippen LogP contribution in [0.5, 0.6) is 0 Å². The Kier molecular flexibility index (Phi) is 4.13. The lowest BCUT2D eigenvalue weighted by atomic mass is 10.3. The third-order valence-corrected chi connectivity index (χ3v) is 2.43. The minimum absolute atomic E-state index is 0.705. The van der Waals surface area contributed by atoms with Crippen LogP contribution in [0.25, 0.3) is 0 Å². The molecule has 0 aliphatic heterocycles. The van der Waals surface area contributed by atoms with Gasteiger partial charge in [0.15, 0.2) is 5.82 Å². The van der Waals surface area contributed by atoms with E-state index in [-0.39, 0.29) is 0 Å². The molecular formula is C13H17N3O. The van der Waals surface area contributed by atoms with Crippen LogP contribution in [0.3, 0.4) is 0 Å². The fourth-order valence-electron chi connectivity index (χ4n) is 1.59. The summed E-state index contributed by atoms with van der Waals surface area (Å²) in [6, 6.07) is 10.1. The number of rotatable bonds is 6. The molecule has 0 aliphatic carbocycles. The lowest BCUT2D eigenvalue weighted by molar-refractivity contribution is 0.375. The number of nitrogens with one attached hydrogen (secondary N) is 1. The summed E-state index contributed by atoms with van der Waals surface area (Å²) in [5.74, 6) is 1.51. The molecule has 0 amide bonds. The second kappa shape index (κ2) is 6.03. The van der Waals surface area contributed by atoms with Crippen LogP contribution in [0.4, 0.5) is 5.69 Å². The minimum atomic E-state index is 0.705. The molecule has 1 N–H and O–H groups in total. The monoisotopic (exact) mass is 231 g/mol. The van der Waals surface area contributed by atoms with Gasteiger partial charge in [0, 0.05) is 25.1 Å². The van der Waals surface area contributed by atoms with Gasteiger partial charge >= 0.3 is 0 Å². The maximum Gasteiger partial charge on any atom is 0.228 e. The molecule has 90 valence electrons. The quantitative estimate of drug-likeness (QED) is 0.830. The zero-order valence-corrected chi connectivity index (χ0v) is 10.0. The van der Waals surface area contributed by atoms with Crippen molar-refractivity contribution in [3.63, 3.8) is 0 Å². The van der Waals surface area contributed by atoms with Gasteiger partial charge in [-0.25, -0.2) is 0 Å². The average molecular weight is 231 g/mol. The second-order valence-corrected chi connectivity index (χ2v) is 3.90. The van der Waals surface area contributed by atoms with Crippen LogP contribution in [0.2, 0.25) is 0 Å². The van der Waals surface area contributed by atoms with Crippen LogP contribution in [0, 0.1) is 0 Å². The molecule has 1 aromatic carbocycles. The summed E-state index contributed by atoms with van der Waals surface area (Å²) in [5, 5.41) is 7.22. The van der Waals surface area contributed by atoms with Gasteiger partial charge in [-0.15, -0.1) is 0 Å². The Morgan fingerprint density at radius 2 is 2.00 bits per heavy atom. The molecule has 1 aromatic heterocycles. The number of hydrogen-bond donors (Lipinski definition) is 1. The van der Waals surface area contributed by atoms with Gasteiger partial charge in [-0.3, -0.25) is 0 Å². The van der Waals surface area contributed by atoms with Gasteiger partial charge in [0.2, 0.25) is 5.89 Å². The summed E-state index contributed by atoms with van der Waals surface area (Å²) in [6.07, 6.45) is 2.68. The Bertz CT molecular complexity index is 439. The molecule has 0 saturated heterocycles. The zero-order chi connectivity index (χ0) is 11.9. The average Bonchev–Trinajstić information content (AvgIpc) is 2.79. The maximum absolute atomic E-state index is 5.15. The third kappa shape index (κ3) is 3.59. The molecule has 0 unspecified atom stereocenters. The number of nitrogens with zero attached hydrogens (tertiary/aromatic N) is 2. The second-order valence-electron chi connectivity index (χ2n) is 3.90. The molecule has 2 rings (SSSR count). The van der Waals surface area contributed by atoms with Crippen LogP contribution < -0.4 is 5.32 Å². The highest BCUT2D eigenvalue weighted by atomic mass is 16.5. The normalized spacial score (nSPS) is 10.4. The van der Waals surface area contributed by atoms with Crippen molar-refractivity contribution in [1.82, 2.24) is 10.1 Å². The van der Waals surface area contributed by atoms with Gasteiger partial charge in [0.05, 0.1) is 0 Å². The Labute approximate surface area is 101 Å². The zero-order valence-electron chi connectivity index (χ0n) is 10.0. The summed E-state index contributed by atoms with van der Waals surface area (Å²) >= 11 is 0. The first-order valence-electron chi connectivity index (χ1n) is 5.99. The number of para-hydroxylation sites is 1. The minimum Gasteiger partial charge on any atom is -0.385 e. The Balaban J connectivity index is 1.78. The smallest absolute Gasteiger partial charge is 0.228 e. The van der Waals surface area contributed by atoms with Crippen molar-refractivity contribution in [3.8, 4) is 0 Å². The lowest BCUT2D eigenvalue weighted by Gasteiger charge is -2.02. The van der Waals surface area contributed by atoms with E-state index in [1.807, 2.05) is 30.3 Å². The predicted octanol–water partition coefficient (Wildman–Crippen LogP) is 2.68. The molecule has 0 fully saturated rings. The number of benzene rings is 1. The molecule has 0 radical (unpaired) electrons. The number of anilines is 1. The van der Waals surface area contributed by atoms with Crippen molar-refractivity contribution in [1.29, 1.82) is 0 Å². The molecule has 4 nitrogen and oxygen atoms in total. The summed E-state index contributed by atoms with van der Waals surface area (Å²) in [6.45, 7) is 2.91. The molecule has 17 heavy (non-hydrogen) atoms. The van der Waals surface area contributed by atoms with Crippen molar-refractivity contribution < 1.29 is 4.52 Å². The fraction of sp³-hybridized carbons (Fsp3) is 0.385. The van der Waals surface area contributed by atoms with Crippen molar-refractivity contribution in [2.24, 2.45) is 0 Å². The summed E-state index contributed by atoms with van der Waals surface area (Å²) < 4.78 is 5.15. The van der Waals surface area contributed by atoms with Crippen molar-refractivity contribution >= 4 is 5.69 Å². The first-order chi connectivity index (χ1) is 8.38. The standard InChI is InChI=1S/C13H17N3O/c1-2-6-12-15-13(17-16-12)9-10-14-11-7-4-3-5-8-11/h3-5,7-8,14H,2,6,9-10H2,1H3. The molecule has 0 saturated carbocycles. The molecule has 0 spiro atoms. The van der Waals surface area contributed by atoms with E-state index < -0.39 is 0 Å². The van der Waals surface area contributed by atoms with Crippen LogP contribution in [-0.2, 0) is 12.8 Å². The highest BCUT2D eigenvalue weighted by Crippen LogP contribution is 2.06. The fourth-order valence-corrected chi connectivity index (χ4v) is 1.59. The van der Waals surface area contributed by atoms with Gasteiger partial charge < -0.3 is 9.84 Å². The van der Waals surface area contributed by atoms with Gasteiger partial charge in [0.25, 0.3) is 0 Å². The van der Waals surface area contributed by atoms with Crippen LogP contribution >= 0.6 is 0 Å². The molecule has 0 bridgehead atoms. The van der Waals surface area contributed by atoms with E-state index in [1.54, 1.807) is 0 Å². The molecule has 4 heteroatoms. The van der Waals surface area contributed by atoms with Crippen LogP contribution in [0.1, 0.15) is 25.1 Å². The van der Waals surface area contributed by atoms with E-state index in [4.69, 9.17) is 4.52 Å². The Morgan fingerprint density at radius 1 is 1.18 bits per heavy atom. The number of hydrogen-bond acceptors (Lipinski definition) is 4. The molecule has 0 atom stereocenters. The van der Waals surface area contributed by atoms with Crippen LogP contribution in [0.15, 0.2) is 34.9 Å². The first kappa shape index (κ1) is 11.6. The van der Waals surface area contributed by atoms with Crippen molar-refractivity contribution in [2.75, 3.05) is 11.9 Å². The highest BCUT2D eigenvalue weighted by molar-refractivity contribution is 5.42. The van der Waals surface area contributed by atoms with Gasteiger partial charge in [0.1, 0.15) is 0 Å². The topological polar surface area (TPSA) is 51.0 Å². The van der Waals surface area contributed by atoms with Crippen molar-refractivity contribution in [3.05, 3.63) is 42.0 Å². The maximum atomic E-state index is 5.15. The Hall–Kier alpha value is -1.84. The molecule has 1 heterocycles. The summed E-state index contributed by atoms with van der Waals surface area (Å²) in [7, 11) is 0. The van der Waals surface area contributed by atoms with E-state index in [0.717, 1.165) is 37.3 Å². The van der Waals surface area contributed by atoms with Crippen molar-refractivity contribution in [2.45, 2.75) is 26.2 Å². The molecule has 2 aromatic rings. The summed E-state index contributed by atoms with van der Waals surface area (Å²) in [4.78, 5) is 4.31. The highest BCUT2D eigenvalue weighted by Gasteiger charge is 2.04. The van der Waals surface area contributed by atoms with Gasteiger partial charge in [-0.2, -0.15) is 4.98 Å². The number of aromatic nitrogens is 2. The third-order valence-electron chi connectivity index (χ3n) is 2.43. The SMILES string of the molecule is CCCc1noc(CCNc2ccccc2)n1. The number of aryl methyl sites for hydroxylation is 1. The van der Waals surface area contributed by atoms with Crippen LogP contribution in [-0.4, -0.2) is 16.7 Å². The van der Waals surface area contributed by atoms with E-state index >= 15 is 0 Å². The molecular weight excluding hydrogens is 214 g/mol. The first-order valence-corrected chi connectivity index (χ1v) is 5.99. The lowest BCUT2D eigenvalue weighted by Crippen LogP contribution is -2.04. The van der Waals surface area contributed by atoms with E-state index in [9.17, 15) is 0 Å².